The Morgan fingerprint density at radius 1 is 1.00 bits per heavy atom. The van der Waals surface area contributed by atoms with Crippen molar-refractivity contribution >= 4 is 41.4 Å². The second-order valence-corrected chi connectivity index (χ2v) is 7.64. The molecule has 0 saturated heterocycles. The van der Waals surface area contributed by atoms with Crippen LogP contribution >= 0.6 is 24.0 Å². The van der Waals surface area contributed by atoms with E-state index in [4.69, 9.17) is 11.6 Å². The van der Waals surface area contributed by atoms with Crippen LogP contribution in [-0.2, 0) is 11.3 Å². The van der Waals surface area contributed by atoms with E-state index in [1.165, 1.54) is 12.1 Å². The molecule has 0 amide bonds. The quantitative estimate of drug-likeness (QED) is 0.278. The van der Waals surface area contributed by atoms with Gasteiger partial charge in [0.1, 0.15) is 5.82 Å². The lowest BCUT2D eigenvalue weighted by Gasteiger charge is -2.18. The first-order chi connectivity index (χ1) is 14.4. The molecule has 3 rings (SSSR count). The van der Waals surface area contributed by atoms with E-state index in [0.29, 0.717) is 34.8 Å². The first-order valence-corrected chi connectivity index (χ1v) is 9.98. The summed E-state index contributed by atoms with van der Waals surface area (Å²) in [7, 11) is 1.95. The molecule has 5 heteroatoms. The minimum atomic E-state index is -0.349. The monoisotopic (exact) mass is 455 g/mol. The Balaban J connectivity index is 0.00000341. The average molecular weight is 456 g/mol. The van der Waals surface area contributed by atoms with Gasteiger partial charge in [0, 0.05) is 29.3 Å². The number of Topliss-reactive ketones (excluding diaryl/α,β-unsaturated/α-hetero) is 1. The van der Waals surface area contributed by atoms with Crippen molar-refractivity contribution in [3.8, 4) is 0 Å². The van der Waals surface area contributed by atoms with E-state index in [0.717, 1.165) is 11.1 Å². The number of benzene rings is 3. The number of hydrogen-bond donors (Lipinski definition) is 0. The minimum absolute atomic E-state index is 0. The van der Waals surface area contributed by atoms with Gasteiger partial charge in [-0.3, -0.25) is 9.69 Å². The summed E-state index contributed by atoms with van der Waals surface area (Å²) in [6.07, 6.45) is 1.79. The molecule has 2 nitrogen and oxygen atoms in total. The highest BCUT2D eigenvalue weighted by molar-refractivity contribution is 6.32. The third-order valence-corrected chi connectivity index (χ3v) is 4.91. The zero-order valence-corrected chi connectivity index (χ0v) is 18.8. The number of nitrogens with zero attached hydrogens (tertiary/aromatic N) is 1. The minimum Gasteiger partial charge on any atom is -0.298 e. The molecule has 0 saturated carbocycles. The molecule has 0 spiro atoms. The fourth-order valence-corrected chi connectivity index (χ4v) is 3.30. The molecule has 0 aliphatic carbocycles. The number of allylic oxidation sites excluding steroid dienone is 1. The molecule has 0 radical (unpaired) electrons. The molecule has 160 valence electrons. The van der Waals surface area contributed by atoms with Gasteiger partial charge in [-0.05, 0) is 54.1 Å². The second kappa shape index (κ2) is 11.6. The lowest BCUT2D eigenvalue weighted by molar-refractivity contribution is -0.110. The highest BCUT2D eigenvalue weighted by Gasteiger charge is 2.17. The van der Waals surface area contributed by atoms with E-state index in [1.807, 2.05) is 54.4 Å². The van der Waals surface area contributed by atoms with Crippen molar-refractivity contribution in [2.24, 2.45) is 0 Å². The van der Waals surface area contributed by atoms with Crippen molar-refractivity contribution in [2.75, 3.05) is 13.6 Å². The molecule has 0 aromatic heterocycles. The number of rotatable bonds is 8. The maximum atomic E-state index is 13.4. The Bertz CT molecular complexity index is 1050. The van der Waals surface area contributed by atoms with Gasteiger partial charge in [0.15, 0.2) is 5.78 Å². The fourth-order valence-electron chi connectivity index (χ4n) is 3.17. The summed E-state index contributed by atoms with van der Waals surface area (Å²) in [4.78, 5) is 15.3. The van der Waals surface area contributed by atoms with Gasteiger partial charge in [0.2, 0.25) is 0 Å². The number of carbonyl (C=O) groups is 1. The van der Waals surface area contributed by atoms with Crippen molar-refractivity contribution in [1.82, 2.24) is 4.90 Å². The zero-order valence-electron chi connectivity index (χ0n) is 17.2. The topological polar surface area (TPSA) is 20.3 Å². The number of carbonyl (C=O) groups excluding carboxylic acids is 1. The molecule has 0 bridgehead atoms. The van der Waals surface area contributed by atoms with Crippen molar-refractivity contribution in [3.05, 3.63) is 119 Å². The highest BCUT2D eigenvalue weighted by Crippen LogP contribution is 2.24. The van der Waals surface area contributed by atoms with Crippen LogP contribution in [0.5, 0.6) is 0 Å². The summed E-state index contributed by atoms with van der Waals surface area (Å²) in [5, 5.41) is 0.619. The van der Waals surface area contributed by atoms with Gasteiger partial charge in [-0.25, -0.2) is 4.39 Å². The van der Waals surface area contributed by atoms with E-state index in [1.54, 1.807) is 30.3 Å². The van der Waals surface area contributed by atoms with Crippen LogP contribution in [0.15, 0.2) is 91.0 Å². The number of likely N-dealkylation sites (N-methyl/N-ethyl adjacent to an activating group) is 1. The average Bonchev–Trinajstić information content (AvgIpc) is 2.74. The summed E-state index contributed by atoms with van der Waals surface area (Å²) in [6, 6.07) is 23.2. The summed E-state index contributed by atoms with van der Waals surface area (Å²) in [5.74, 6) is -0.519. The molecule has 0 aliphatic heterocycles. The van der Waals surface area contributed by atoms with Crippen molar-refractivity contribution in [2.45, 2.75) is 6.54 Å². The Labute approximate surface area is 194 Å². The lowest BCUT2D eigenvalue weighted by Crippen LogP contribution is -2.23. The van der Waals surface area contributed by atoms with Crippen LogP contribution in [0.3, 0.4) is 0 Å². The van der Waals surface area contributed by atoms with Crippen LogP contribution < -0.4 is 0 Å². The summed E-state index contributed by atoms with van der Waals surface area (Å²) < 4.78 is 13.4. The van der Waals surface area contributed by atoms with E-state index in [-0.39, 0.29) is 24.0 Å². The van der Waals surface area contributed by atoms with Gasteiger partial charge in [0.25, 0.3) is 0 Å². The summed E-state index contributed by atoms with van der Waals surface area (Å²) in [6.45, 7) is 5.16. The first-order valence-electron chi connectivity index (χ1n) is 9.60. The Hall–Kier alpha value is -2.72. The van der Waals surface area contributed by atoms with E-state index in [2.05, 4.69) is 6.58 Å². The van der Waals surface area contributed by atoms with Crippen molar-refractivity contribution in [3.63, 3.8) is 0 Å². The predicted octanol–water partition coefficient (Wildman–Crippen LogP) is 6.70. The Morgan fingerprint density at radius 2 is 1.61 bits per heavy atom. The van der Waals surface area contributed by atoms with Gasteiger partial charge >= 0.3 is 0 Å². The normalized spacial score (nSPS) is 11.2. The van der Waals surface area contributed by atoms with Crippen molar-refractivity contribution < 1.29 is 9.18 Å². The van der Waals surface area contributed by atoms with Crippen LogP contribution in [0.1, 0.15) is 16.7 Å². The SMILES string of the molecule is C=C(CN(C)Cc1ccccc1)C(=O)/C(=C\c1ccc(Cl)cc1)c1ccc(F)cc1.Cl. The molecule has 0 unspecified atom stereocenters. The van der Waals surface area contributed by atoms with Crippen molar-refractivity contribution in [1.29, 1.82) is 0 Å². The van der Waals surface area contributed by atoms with Gasteiger partial charge in [-0.1, -0.05) is 72.8 Å². The molecule has 3 aromatic carbocycles. The van der Waals surface area contributed by atoms with Crippen LogP contribution in [0.25, 0.3) is 11.6 Å². The molecule has 0 atom stereocenters. The van der Waals surface area contributed by atoms with E-state index < -0.39 is 0 Å². The predicted molar refractivity (Wildman–Crippen MR) is 130 cm³/mol. The first kappa shape index (κ1) is 24.5. The molecule has 3 aromatic rings. The molecular weight excluding hydrogens is 432 g/mol. The Kier molecular flexibility index (Phi) is 9.20. The standard InChI is InChI=1S/C26H23ClFNO.ClH/c1-19(17-29(2)18-21-6-4-3-5-7-21)26(30)25(22-10-14-24(28)15-11-22)16-20-8-12-23(27)13-9-20;/h3-16H,1,17-18H2,2H3;1H/b25-16-;. The van der Waals surface area contributed by atoms with Gasteiger partial charge in [0.05, 0.1) is 0 Å². The molecule has 0 fully saturated rings. The van der Waals surface area contributed by atoms with Gasteiger partial charge in [-0.2, -0.15) is 0 Å². The second-order valence-electron chi connectivity index (χ2n) is 7.21. The van der Waals surface area contributed by atoms with Crippen LogP contribution in [0.2, 0.25) is 5.02 Å². The van der Waals surface area contributed by atoms with Gasteiger partial charge < -0.3 is 0 Å². The number of ketones is 1. The Morgan fingerprint density at radius 3 is 2.23 bits per heavy atom. The summed E-state index contributed by atoms with van der Waals surface area (Å²) >= 11 is 5.97. The molecular formula is C26H24Cl2FNO. The highest BCUT2D eigenvalue weighted by atomic mass is 35.5. The summed E-state index contributed by atoms with van der Waals surface area (Å²) in [5.41, 5.74) is 3.57. The van der Waals surface area contributed by atoms with Crippen LogP contribution in [0, 0.1) is 5.82 Å². The molecule has 0 N–H and O–H groups in total. The lowest BCUT2D eigenvalue weighted by atomic mass is 9.95. The van der Waals surface area contributed by atoms with Gasteiger partial charge in [-0.15, -0.1) is 12.4 Å². The van der Waals surface area contributed by atoms with Crippen LogP contribution in [0.4, 0.5) is 4.39 Å². The molecule has 0 heterocycles. The van der Waals surface area contributed by atoms with Crippen LogP contribution in [-0.4, -0.2) is 24.3 Å². The third kappa shape index (κ3) is 7.18. The number of hydrogen-bond acceptors (Lipinski definition) is 2. The maximum absolute atomic E-state index is 13.4. The third-order valence-electron chi connectivity index (χ3n) is 4.66. The molecule has 0 aliphatic rings. The number of halogens is 3. The maximum Gasteiger partial charge on any atom is 0.190 e. The van der Waals surface area contributed by atoms with E-state index >= 15 is 0 Å². The molecule has 31 heavy (non-hydrogen) atoms. The smallest absolute Gasteiger partial charge is 0.190 e. The zero-order chi connectivity index (χ0) is 21.5. The largest absolute Gasteiger partial charge is 0.298 e. The fraction of sp³-hybridized carbons (Fsp3) is 0.115. The van der Waals surface area contributed by atoms with E-state index in [9.17, 15) is 9.18 Å².